The summed E-state index contributed by atoms with van der Waals surface area (Å²) in [5, 5.41) is 15.2. The Morgan fingerprint density at radius 1 is 1.35 bits per heavy atom. The Balaban J connectivity index is 2.01. The van der Waals surface area contributed by atoms with Crippen molar-refractivity contribution >= 4 is 0 Å². The summed E-state index contributed by atoms with van der Waals surface area (Å²) in [5.74, 6) is 1.45. The predicted molar refractivity (Wildman–Crippen MR) is 76.3 cm³/mol. The third kappa shape index (κ3) is 4.03. The Morgan fingerprint density at radius 2 is 2.20 bits per heavy atom. The zero-order valence-corrected chi connectivity index (χ0v) is 12.3. The molecular weight excluding hydrogens is 254 g/mol. The minimum atomic E-state index is 0.331. The van der Waals surface area contributed by atoms with E-state index in [-0.39, 0.29) is 0 Å². The van der Waals surface area contributed by atoms with Crippen molar-refractivity contribution in [2.75, 3.05) is 6.54 Å². The van der Waals surface area contributed by atoms with E-state index in [1.165, 1.54) is 10.4 Å². The van der Waals surface area contributed by atoms with E-state index in [4.69, 9.17) is 4.74 Å². The zero-order valence-electron chi connectivity index (χ0n) is 12.3. The first-order valence-corrected chi connectivity index (χ1v) is 6.85. The fourth-order valence-electron chi connectivity index (χ4n) is 1.91. The third-order valence-electron chi connectivity index (χ3n) is 2.86. The molecule has 0 aliphatic rings. The van der Waals surface area contributed by atoms with Crippen molar-refractivity contribution < 1.29 is 4.74 Å². The van der Waals surface area contributed by atoms with E-state index >= 15 is 0 Å². The minimum absolute atomic E-state index is 0.331. The van der Waals surface area contributed by atoms with E-state index < -0.39 is 0 Å². The number of hydrogen-bond acceptors (Lipinski definition) is 5. The molecule has 0 aliphatic heterocycles. The highest BCUT2D eigenvalue weighted by molar-refractivity contribution is 5.36. The van der Waals surface area contributed by atoms with Gasteiger partial charge in [-0.3, -0.25) is 0 Å². The van der Waals surface area contributed by atoms with Gasteiger partial charge < -0.3 is 10.1 Å². The number of tetrazole rings is 1. The lowest BCUT2D eigenvalue weighted by Gasteiger charge is -2.12. The molecule has 0 atom stereocenters. The monoisotopic (exact) mass is 275 g/mol. The second-order valence-electron chi connectivity index (χ2n) is 4.77. The third-order valence-corrected chi connectivity index (χ3v) is 2.86. The Hall–Kier alpha value is -1.95. The number of nitrogens with zero attached hydrogens (tertiary/aromatic N) is 4. The molecule has 0 aliphatic carbocycles. The molecule has 1 aromatic heterocycles. The lowest BCUT2D eigenvalue weighted by molar-refractivity contribution is 0.291. The molecule has 108 valence electrons. The maximum absolute atomic E-state index is 5.80. The number of rotatable bonds is 7. The Kier molecular flexibility index (Phi) is 5.06. The van der Waals surface area contributed by atoms with Gasteiger partial charge in [-0.2, -0.15) is 4.80 Å². The smallest absolute Gasteiger partial charge is 0.212 e. The molecule has 0 spiro atoms. The van der Waals surface area contributed by atoms with Crippen LogP contribution in [0.5, 0.6) is 5.75 Å². The molecule has 0 amide bonds. The van der Waals surface area contributed by atoms with Crippen LogP contribution in [0, 0.1) is 6.92 Å². The first-order chi connectivity index (χ1) is 9.69. The van der Waals surface area contributed by atoms with Crippen LogP contribution in [0.1, 0.15) is 30.3 Å². The summed E-state index contributed by atoms with van der Waals surface area (Å²) in [7, 11) is 1.74. The molecule has 0 saturated heterocycles. The zero-order chi connectivity index (χ0) is 14.4. The van der Waals surface area contributed by atoms with Gasteiger partial charge in [-0.05, 0) is 31.2 Å². The van der Waals surface area contributed by atoms with E-state index in [0.29, 0.717) is 12.4 Å². The predicted octanol–water partition coefficient (Wildman–Crippen LogP) is 1.60. The van der Waals surface area contributed by atoms with E-state index in [9.17, 15) is 0 Å². The van der Waals surface area contributed by atoms with Crippen LogP contribution in [0.15, 0.2) is 18.2 Å². The van der Waals surface area contributed by atoms with Gasteiger partial charge in [-0.1, -0.05) is 24.6 Å². The van der Waals surface area contributed by atoms with E-state index in [2.05, 4.69) is 40.6 Å². The fourth-order valence-corrected chi connectivity index (χ4v) is 1.91. The van der Waals surface area contributed by atoms with Crippen molar-refractivity contribution in [1.29, 1.82) is 0 Å². The standard InChI is InChI=1S/C14H21N5O/c1-4-7-15-9-12-8-11(2)5-6-13(12)20-10-14-16-18-19(3)17-14/h5-6,8,15H,4,7,9-10H2,1-3H3. The molecule has 6 heteroatoms. The number of nitrogens with one attached hydrogen (secondary N) is 1. The van der Waals surface area contributed by atoms with Gasteiger partial charge in [-0.25, -0.2) is 0 Å². The van der Waals surface area contributed by atoms with Gasteiger partial charge >= 0.3 is 0 Å². The largest absolute Gasteiger partial charge is 0.485 e. The molecule has 0 bridgehead atoms. The van der Waals surface area contributed by atoms with Gasteiger partial charge in [0.2, 0.25) is 5.82 Å². The molecule has 2 aromatic rings. The molecule has 2 rings (SSSR count). The van der Waals surface area contributed by atoms with Crippen molar-refractivity contribution in [3.8, 4) is 5.75 Å². The van der Waals surface area contributed by atoms with Gasteiger partial charge in [0.25, 0.3) is 0 Å². The molecule has 6 nitrogen and oxygen atoms in total. The summed E-state index contributed by atoms with van der Waals surface area (Å²) in [6.45, 7) is 6.37. The molecule has 0 saturated carbocycles. The first kappa shape index (κ1) is 14.5. The summed E-state index contributed by atoms with van der Waals surface area (Å²) in [5.41, 5.74) is 2.38. The van der Waals surface area contributed by atoms with Crippen molar-refractivity contribution in [2.45, 2.75) is 33.4 Å². The van der Waals surface area contributed by atoms with Crippen LogP contribution >= 0.6 is 0 Å². The summed E-state index contributed by atoms with van der Waals surface area (Å²) >= 11 is 0. The topological polar surface area (TPSA) is 64.9 Å². The van der Waals surface area contributed by atoms with E-state index in [1.807, 2.05) is 12.1 Å². The Labute approximate surface area is 119 Å². The number of hydrogen-bond donors (Lipinski definition) is 1. The average Bonchev–Trinajstić information content (AvgIpc) is 2.84. The van der Waals surface area contributed by atoms with Crippen molar-refractivity contribution in [1.82, 2.24) is 25.5 Å². The van der Waals surface area contributed by atoms with E-state index in [1.54, 1.807) is 7.05 Å². The number of aryl methyl sites for hydroxylation is 2. The average molecular weight is 275 g/mol. The van der Waals surface area contributed by atoms with Crippen LogP contribution in [-0.4, -0.2) is 26.8 Å². The summed E-state index contributed by atoms with van der Waals surface area (Å²) in [6, 6.07) is 6.18. The summed E-state index contributed by atoms with van der Waals surface area (Å²) in [6.07, 6.45) is 1.12. The highest BCUT2D eigenvalue weighted by atomic mass is 16.5. The van der Waals surface area contributed by atoms with Crippen molar-refractivity contribution in [2.24, 2.45) is 7.05 Å². The summed E-state index contributed by atoms with van der Waals surface area (Å²) < 4.78 is 5.80. The quantitative estimate of drug-likeness (QED) is 0.777. The van der Waals surface area contributed by atoms with Gasteiger partial charge in [-0.15, -0.1) is 10.2 Å². The summed E-state index contributed by atoms with van der Waals surface area (Å²) in [4.78, 5) is 1.43. The van der Waals surface area contributed by atoms with Crippen LogP contribution in [0.25, 0.3) is 0 Å². The molecule has 0 radical (unpaired) electrons. The second kappa shape index (κ2) is 7.00. The maximum atomic E-state index is 5.80. The normalized spacial score (nSPS) is 10.8. The molecule has 1 heterocycles. The SMILES string of the molecule is CCCNCc1cc(C)ccc1OCc1nnn(C)n1. The van der Waals surface area contributed by atoms with Crippen LogP contribution < -0.4 is 10.1 Å². The highest BCUT2D eigenvalue weighted by Crippen LogP contribution is 2.20. The van der Waals surface area contributed by atoms with Crippen LogP contribution in [0.3, 0.4) is 0 Å². The van der Waals surface area contributed by atoms with Gasteiger partial charge in [0, 0.05) is 12.1 Å². The number of ether oxygens (including phenoxy) is 1. The molecule has 0 unspecified atom stereocenters. The van der Waals surface area contributed by atoms with Crippen LogP contribution in [0.2, 0.25) is 0 Å². The van der Waals surface area contributed by atoms with Crippen LogP contribution in [0.4, 0.5) is 0 Å². The number of benzene rings is 1. The fraction of sp³-hybridized carbons (Fsp3) is 0.500. The lowest BCUT2D eigenvalue weighted by Crippen LogP contribution is -2.15. The van der Waals surface area contributed by atoms with Crippen molar-refractivity contribution in [3.63, 3.8) is 0 Å². The number of aromatic nitrogens is 4. The van der Waals surface area contributed by atoms with Gasteiger partial charge in [0.1, 0.15) is 5.75 Å². The van der Waals surface area contributed by atoms with Crippen LogP contribution in [-0.2, 0) is 20.2 Å². The first-order valence-electron chi connectivity index (χ1n) is 6.85. The van der Waals surface area contributed by atoms with Gasteiger partial charge in [0.05, 0.1) is 7.05 Å². The molecule has 1 aromatic carbocycles. The Bertz CT molecular complexity index is 552. The molecule has 0 fully saturated rings. The minimum Gasteiger partial charge on any atom is -0.485 e. The van der Waals surface area contributed by atoms with E-state index in [0.717, 1.165) is 30.8 Å². The molecule has 1 N–H and O–H groups in total. The molecule has 20 heavy (non-hydrogen) atoms. The Morgan fingerprint density at radius 3 is 2.90 bits per heavy atom. The molecular formula is C14H21N5O. The second-order valence-corrected chi connectivity index (χ2v) is 4.77. The highest BCUT2D eigenvalue weighted by Gasteiger charge is 2.06. The lowest BCUT2D eigenvalue weighted by atomic mass is 10.1. The maximum Gasteiger partial charge on any atom is 0.212 e. The van der Waals surface area contributed by atoms with Crippen molar-refractivity contribution in [3.05, 3.63) is 35.2 Å². The van der Waals surface area contributed by atoms with Gasteiger partial charge in [0.15, 0.2) is 6.61 Å².